The minimum Gasteiger partial charge on any atom is -0.308 e. The molecule has 0 aliphatic heterocycles. The molecule has 0 unspecified atom stereocenters. The molecule has 1 aliphatic rings. The number of rotatable bonds is 4. The molecule has 4 rings (SSSR count). The molecular weight excluding hydrogens is 440 g/mol. The van der Waals surface area contributed by atoms with E-state index in [2.05, 4.69) is 15.7 Å². The lowest BCUT2D eigenvalue weighted by atomic mass is 10.0. The molecule has 10 heteroatoms. The molecular formula is C20H15Cl2F3N4O. The van der Waals surface area contributed by atoms with Crippen molar-refractivity contribution in [1.82, 2.24) is 9.78 Å². The van der Waals surface area contributed by atoms with Crippen LogP contribution < -0.4 is 10.6 Å². The van der Waals surface area contributed by atoms with Gasteiger partial charge in [0.15, 0.2) is 0 Å². The third kappa shape index (κ3) is 3.85. The van der Waals surface area contributed by atoms with Crippen LogP contribution in [0, 0.1) is 0 Å². The quantitative estimate of drug-likeness (QED) is 0.477. The fourth-order valence-corrected chi connectivity index (χ4v) is 3.43. The number of urea groups is 1. The second kappa shape index (κ2) is 7.52. The summed E-state index contributed by atoms with van der Waals surface area (Å²) in [6.45, 7) is 0. The van der Waals surface area contributed by atoms with Crippen molar-refractivity contribution >= 4 is 40.7 Å². The van der Waals surface area contributed by atoms with E-state index in [0.29, 0.717) is 16.4 Å². The van der Waals surface area contributed by atoms with Gasteiger partial charge in [0, 0.05) is 11.8 Å². The monoisotopic (exact) mass is 454 g/mol. The van der Waals surface area contributed by atoms with E-state index < -0.39 is 17.6 Å². The molecule has 1 saturated carbocycles. The molecule has 1 aromatic heterocycles. The Kier molecular flexibility index (Phi) is 5.15. The van der Waals surface area contributed by atoms with Gasteiger partial charge in [0.1, 0.15) is 11.2 Å². The van der Waals surface area contributed by atoms with Crippen LogP contribution in [0.3, 0.4) is 0 Å². The topological polar surface area (TPSA) is 59.0 Å². The molecule has 0 spiro atoms. The third-order valence-corrected chi connectivity index (χ3v) is 5.65. The van der Waals surface area contributed by atoms with E-state index >= 15 is 0 Å². The first kappa shape index (κ1) is 20.6. The maximum atomic E-state index is 13.6. The number of aromatic nitrogens is 2. The molecule has 30 heavy (non-hydrogen) atoms. The maximum Gasteiger partial charge on any atom is 0.400 e. The predicted molar refractivity (Wildman–Crippen MR) is 110 cm³/mol. The summed E-state index contributed by atoms with van der Waals surface area (Å²) in [5.74, 6) is 0.115. The lowest BCUT2D eigenvalue weighted by Crippen LogP contribution is -2.29. The highest BCUT2D eigenvalue weighted by Crippen LogP contribution is 2.58. The molecule has 5 nitrogen and oxygen atoms in total. The highest BCUT2D eigenvalue weighted by molar-refractivity contribution is 6.42. The van der Waals surface area contributed by atoms with Gasteiger partial charge in [-0.1, -0.05) is 41.4 Å². The highest BCUT2D eigenvalue weighted by Gasteiger charge is 2.65. The zero-order valence-corrected chi connectivity index (χ0v) is 16.8. The van der Waals surface area contributed by atoms with E-state index in [1.165, 1.54) is 22.9 Å². The van der Waals surface area contributed by atoms with Crippen molar-refractivity contribution in [3.63, 3.8) is 0 Å². The van der Waals surface area contributed by atoms with Gasteiger partial charge in [0.25, 0.3) is 0 Å². The average Bonchev–Trinajstić information content (AvgIpc) is 3.42. The predicted octanol–water partition coefficient (Wildman–Crippen LogP) is 6.42. The number of amides is 2. The van der Waals surface area contributed by atoms with Crippen LogP contribution in [-0.2, 0) is 5.41 Å². The van der Waals surface area contributed by atoms with Gasteiger partial charge in [0.2, 0.25) is 0 Å². The number of carbonyl (C=O) groups is 1. The maximum absolute atomic E-state index is 13.6. The van der Waals surface area contributed by atoms with Crippen LogP contribution in [0.4, 0.5) is 29.5 Å². The lowest BCUT2D eigenvalue weighted by Gasteiger charge is -2.16. The van der Waals surface area contributed by atoms with E-state index in [4.69, 9.17) is 23.2 Å². The Labute approximate surface area is 179 Å². The van der Waals surface area contributed by atoms with Crippen molar-refractivity contribution in [2.24, 2.45) is 0 Å². The summed E-state index contributed by atoms with van der Waals surface area (Å²) < 4.78 is 42.0. The Hall–Kier alpha value is -2.71. The molecule has 0 saturated heterocycles. The minimum atomic E-state index is -4.41. The normalized spacial score (nSPS) is 15.0. The van der Waals surface area contributed by atoms with E-state index in [-0.39, 0.29) is 29.4 Å². The number of hydrogen-bond donors (Lipinski definition) is 2. The van der Waals surface area contributed by atoms with Crippen LogP contribution in [0.15, 0.2) is 54.6 Å². The van der Waals surface area contributed by atoms with E-state index in [1.807, 2.05) is 0 Å². The van der Waals surface area contributed by atoms with Crippen LogP contribution in [-0.4, -0.2) is 22.0 Å². The Balaban J connectivity index is 1.64. The van der Waals surface area contributed by atoms with E-state index in [0.717, 1.165) is 0 Å². The summed E-state index contributed by atoms with van der Waals surface area (Å²) in [6, 6.07) is 13.7. The number of nitrogens with zero attached hydrogens (tertiary/aromatic N) is 2. The fourth-order valence-electron chi connectivity index (χ4n) is 3.13. The van der Waals surface area contributed by atoms with Gasteiger partial charge >= 0.3 is 12.2 Å². The molecule has 2 aromatic carbocycles. The van der Waals surface area contributed by atoms with Gasteiger partial charge in [-0.05, 0) is 43.2 Å². The van der Waals surface area contributed by atoms with Gasteiger partial charge in [-0.2, -0.15) is 18.3 Å². The third-order valence-electron chi connectivity index (χ3n) is 4.91. The summed E-state index contributed by atoms with van der Waals surface area (Å²) in [4.78, 5) is 12.5. The molecule has 2 amide bonds. The molecule has 0 bridgehead atoms. The molecule has 156 valence electrons. The second-order valence-electron chi connectivity index (χ2n) is 6.95. The summed E-state index contributed by atoms with van der Waals surface area (Å²) in [6.07, 6.45) is -4.48. The zero-order valence-electron chi connectivity index (χ0n) is 15.3. The standard InChI is InChI=1S/C20H15Cl2F3N4O/c21-14-7-6-12(10-15(14)22)26-18(30)27-17-11-16(19(8-9-19)20(23,24)25)28-29(17)13-4-2-1-3-5-13/h1-7,10-11H,8-9H2,(H2,26,27,30). The van der Waals surface area contributed by atoms with Gasteiger partial charge in [0.05, 0.1) is 21.4 Å². The van der Waals surface area contributed by atoms with Crippen LogP contribution in [0.2, 0.25) is 10.0 Å². The average molecular weight is 455 g/mol. The Morgan fingerprint density at radius 3 is 2.30 bits per heavy atom. The van der Waals surface area contributed by atoms with Gasteiger partial charge in [-0.15, -0.1) is 0 Å². The summed E-state index contributed by atoms with van der Waals surface area (Å²) in [7, 11) is 0. The Morgan fingerprint density at radius 1 is 1.00 bits per heavy atom. The SMILES string of the molecule is O=C(Nc1ccc(Cl)c(Cl)c1)Nc1cc(C2(C(F)(F)F)CC2)nn1-c1ccccc1. The first-order chi connectivity index (χ1) is 14.2. The Morgan fingerprint density at radius 2 is 1.70 bits per heavy atom. The lowest BCUT2D eigenvalue weighted by molar-refractivity contribution is -0.161. The van der Waals surface area contributed by atoms with Crippen molar-refractivity contribution in [2.75, 3.05) is 10.6 Å². The molecule has 1 aliphatic carbocycles. The fraction of sp³-hybridized carbons (Fsp3) is 0.200. The van der Waals surface area contributed by atoms with Crippen molar-refractivity contribution in [3.05, 3.63) is 70.3 Å². The number of nitrogens with one attached hydrogen (secondary N) is 2. The Bertz CT molecular complexity index is 1100. The van der Waals surface area contributed by atoms with Crippen LogP contribution in [0.5, 0.6) is 0 Å². The first-order valence-electron chi connectivity index (χ1n) is 8.95. The summed E-state index contributed by atoms with van der Waals surface area (Å²) in [5, 5.41) is 9.91. The van der Waals surface area contributed by atoms with Crippen LogP contribution in [0.25, 0.3) is 5.69 Å². The smallest absolute Gasteiger partial charge is 0.308 e. The number of anilines is 2. The van der Waals surface area contributed by atoms with Crippen molar-refractivity contribution in [2.45, 2.75) is 24.4 Å². The van der Waals surface area contributed by atoms with E-state index in [9.17, 15) is 18.0 Å². The van der Waals surface area contributed by atoms with Crippen molar-refractivity contribution < 1.29 is 18.0 Å². The van der Waals surface area contributed by atoms with Gasteiger partial charge in [-0.25, -0.2) is 9.48 Å². The van der Waals surface area contributed by atoms with Crippen LogP contribution >= 0.6 is 23.2 Å². The number of alkyl halides is 3. The second-order valence-corrected chi connectivity index (χ2v) is 7.76. The molecule has 3 aromatic rings. The minimum absolute atomic E-state index is 0.0305. The number of hydrogen-bond acceptors (Lipinski definition) is 2. The molecule has 1 heterocycles. The largest absolute Gasteiger partial charge is 0.400 e. The summed E-state index contributed by atoms with van der Waals surface area (Å²) in [5.41, 5.74) is -1.19. The van der Waals surface area contributed by atoms with E-state index in [1.54, 1.807) is 36.4 Å². The number of benzene rings is 2. The molecule has 2 N–H and O–H groups in total. The van der Waals surface area contributed by atoms with Gasteiger partial charge < -0.3 is 5.32 Å². The zero-order chi connectivity index (χ0) is 21.5. The van der Waals surface area contributed by atoms with Crippen molar-refractivity contribution in [3.8, 4) is 5.69 Å². The first-order valence-corrected chi connectivity index (χ1v) is 9.71. The highest BCUT2D eigenvalue weighted by atomic mass is 35.5. The van der Waals surface area contributed by atoms with Crippen LogP contribution in [0.1, 0.15) is 18.5 Å². The summed E-state index contributed by atoms with van der Waals surface area (Å²) >= 11 is 11.8. The van der Waals surface area contributed by atoms with Gasteiger partial charge in [-0.3, -0.25) is 5.32 Å². The molecule has 1 fully saturated rings. The number of halogens is 5. The number of para-hydroxylation sites is 1. The molecule has 0 atom stereocenters. The van der Waals surface area contributed by atoms with Crippen molar-refractivity contribution in [1.29, 1.82) is 0 Å². The molecule has 0 radical (unpaired) electrons. The number of carbonyl (C=O) groups excluding carboxylic acids is 1.